The molecule has 136 valence electrons. The molecule has 9 nitrogen and oxygen atoms in total. The van der Waals surface area contributed by atoms with Gasteiger partial charge in [-0.05, 0) is 39.0 Å². The molecule has 0 unspecified atom stereocenters. The van der Waals surface area contributed by atoms with Crippen molar-refractivity contribution in [3.05, 3.63) is 24.5 Å². The van der Waals surface area contributed by atoms with Crippen LogP contribution >= 0.6 is 0 Å². The molecule has 0 aliphatic rings. The smallest absolute Gasteiger partial charge is 0.412 e. The van der Waals surface area contributed by atoms with Gasteiger partial charge in [0.25, 0.3) is 0 Å². The van der Waals surface area contributed by atoms with Crippen molar-refractivity contribution in [2.24, 2.45) is 0 Å². The molecule has 1 aromatic carbocycles. The summed E-state index contributed by atoms with van der Waals surface area (Å²) in [4.78, 5) is 31.3. The largest absolute Gasteiger partial charge is 0.480 e. The first kappa shape index (κ1) is 17.5. The Kier molecular flexibility index (Phi) is 4.15. The summed E-state index contributed by atoms with van der Waals surface area (Å²) < 4.78 is 6.78. The van der Waals surface area contributed by atoms with E-state index in [2.05, 4.69) is 15.3 Å². The van der Waals surface area contributed by atoms with Gasteiger partial charge in [0, 0.05) is 11.1 Å². The molecule has 3 aromatic rings. The number of amides is 1. The predicted octanol–water partition coefficient (Wildman–Crippen LogP) is 2.60. The maximum Gasteiger partial charge on any atom is 0.412 e. The van der Waals surface area contributed by atoms with E-state index in [1.54, 1.807) is 43.5 Å². The SMILES string of the molecule is CC(C)(C)OC(=O)Nc1ccc2c(c1)c1c(N)ncnc1n2CC(=O)O. The zero-order chi connectivity index (χ0) is 19.1. The Bertz CT molecular complexity index is 1020. The molecule has 3 rings (SSSR count). The molecule has 0 atom stereocenters. The van der Waals surface area contributed by atoms with E-state index < -0.39 is 17.7 Å². The van der Waals surface area contributed by atoms with Gasteiger partial charge in [0.1, 0.15) is 29.9 Å². The number of nitrogens with two attached hydrogens (primary N) is 1. The van der Waals surface area contributed by atoms with Gasteiger partial charge in [0.15, 0.2) is 0 Å². The molecular formula is C17H19N5O4. The lowest BCUT2D eigenvalue weighted by Crippen LogP contribution is -2.27. The Hall–Kier alpha value is -3.36. The van der Waals surface area contributed by atoms with Crippen LogP contribution in [0.4, 0.5) is 16.3 Å². The van der Waals surface area contributed by atoms with Crippen LogP contribution in [-0.4, -0.2) is 37.3 Å². The molecule has 2 heterocycles. The fourth-order valence-corrected chi connectivity index (χ4v) is 2.73. The molecule has 26 heavy (non-hydrogen) atoms. The molecule has 0 spiro atoms. The number of aliphatic carboxylic acids is 1. The number of rotatable bonds is 3. The number of hydrogen-bond donors (Lipinski definition) is 3. The zero-order valence-electron chi connectivity index (χ0n) is 14.6. The van der Waals surface area contributed by atoms with Crippen molar-refractivity contribution in [3.8, 4) is 0 Å². The number of nitrogens with zero attached hydrogens (tertiary/aromatic N) is 3. The first-order valence-electron chi connectivity index (χ1n) is 7.90. The molecule has 2 aromatic heterocycles. The van der Waals surface area contributed by atoms with Crippen LogP contribution in [0.25, 0.3) is 21.9 Å². The fraction of sp³-hybridized carbons (Fsp3) is 0.294. The Labute approximate surface area is 148 Å². The van der Waals surface area contributed by atoms with E-state index >= 15 is 0 Å². The number of nitrogen functional groups attached to an aromatic ring is 1. The third kappa shape index (κ3) is 3.37. The number of hydrogen-bond acceptors (Lipinski definition) is 6. The van der Waals surface area contributed by atoms with Crippen LogP contribution < -0.4 is 11.1 Å². The molecule has 0 bridgehead atoms. The van der Waals surface area contributed by atoms with Crippen molar-refractivity contribution in [1.82, 2.24) is 14.5 Å². The number of carboxylic acids is 1. The Morgan fingerprint density at radius 1 is 1.31 bits per heavy atom. The number of fused-ring (bicyclic) bond motifs is 3. The number of carboxylic acid groups (broad SMARTS) is 1. The topological polar surface area (TPSA) is 132 Å². The predicted molar refractivity (Wildman–Crippen MR) is 96.9 cm³/mol. The Balaban J connectivity index is 2.10. The summed E-state index contributed by atoms with van der Waals surface area (Å²) in [5.41, 5.74) is 6.90. The summed E-state index contributed by atoms with van der Waals surface area (Å²) in [6.45, 7) is 5.04. The standard InChI is InChI=1S/C17H19N5O4/c1-17(2,3)26-16(25)21-9-4-5-11-10(6-9)13-14(18)19-8-20-15(13)22(11)7-12(23)24/h4-6,8H,7H2,1-3H3,(H,21,25)(H,23,24)(H2,18,19,20). The highest BCUT2D eigenvalue weighted by atomic mass is 16.6. The van der Waals surface area contributed by atoms with E-state index in [-0.39, 0.29) is 12.4 Å². The molecule has 4 N–H and O–H groups in total. The normalized spacial score (nSPS) is 11.7. The van der Waals surface area contributed by atoms with Crippen molar-refractivity contribution in [2.45, 2.75) is 32.9 Å². The second-order valence-corrected chi connectivity index (χ2v) is 6.80. The van der Waals surface area contributed by atoms with E-state index in [0.717, 1.165) is 0 Å². The van der Waals surface area contributed by atoms with E-state index in [1.165, 1.54) is 6.33 Å². The highest BCUT2D eigenvalue weighted by Gasteiger charge is 2.19. The van der Waals surface area contributed by atoms with Crippen molar-refractivity contribution in [2.75, 3.05) is 11.1 Å². The molecule has 9 heteroatoms. The van der Waals surface area contributed by atoms with Crippen LogP contribution in [0.3, 0.4) is 0 Å². The molecular weight excluding hydrogens is 338 g/mol. The van der Waals surface area contributed by atoms with Gasteiger partial charge in [-0.15, -0.1) is 0 Å². The van der Waals surface area contributed by atoms with Gasteiger partial charge in [-0.2, -0.15) is 0 Å². The van der Waals surface area contributed by atoms with Gasteiger partial charge >= 0.3 is 12.1 Å². The highest BCUT2D eigenvalue weighted by molar-refractivity contribution is 6.13. The second-order valence-electron chi connectivity index (χ2n) is 6.80. The van der Waals surface area contributed by atoms with Gasteiger partial charge in [-0.3, -0.25) is 10.1 Å². The van der Waals surface area contributed by atoms with Gasteiger partial charge in [-0.1, -0.05) is 0 Å². The lowest BCUT2D eigenvalue weighted by molar-refractivity contribution is -0.137. The average Bonchev–Trinajstić information content (AvgIpc) is 2.80. The minimum atomic E-state index is -1.00. The molecule has 0 fully saturated rings. The maximum atomic E-state index is 12.0. The van der Waals surface area contributed by atoms with Crippen LogP contribution in [0.5, 0.6) is 0 Å². The van der Waals surface area contributed by atoms with Gasteiger partial charge in [0.2, 0.25) is 0 Å². The highest BCUT2D eigenvalue weighted by Crippen LogP contribution is 2.32. The number of carbonyl (C=O) groups excluding carboxylic acids is 1. The van der Waals surface area contributed by atoms with Gasteiger partial charge in [-0.25, -0.2) is 14.8 Å². The average molecular weight is 357 g/mol. The lowest BCUT2D eigenvalue weighted by Gasteiger charge is -2.19. The van der Waals surface area contributed by atoms with Crippen LogP contribution in [0, 0.1) is 0 Å². The minimum absolute atomic E-state index is 0.235. The quantitative estimate of drug-likeness (QED) is 0.656. The number of aromatic nitrogens is 3. The Morgan fingerprint density at radius 2 is 2.04 bits per heavy atom. The maximum absolute atomic E-state index is 12.0. The van der Waals surface area contributed by atoms with Crippen molar-refractivity contribution in [1.29, 1.82) is 0 Å². The third-order valence-corrected chi connectivity index (χ3v) is 3.61. The van der Waals surface area contributed by atoms with E-state index in [9.17, 15) is 14.7 Å². The third-order valence-electron chi connectivity index (χ3n) is 3.61. The summed E-state index contributed by atoms with van der Waals surface area (Å²) in [5.74, 6) is -0.768. The number of benzene rings is 1. The van der Waals surface area contributed by atoms with Crippen LogP contribution in [0.2, 0.25) is 0 Å². The molecule has 0 saturated carbocycles. The van der Waals surface area contributed by atoms with E-state index in [4.69, 9.17) is 10.5 Å². The number of anilines is 2. The molecule has 0 radical (unpaired) electrons. The molecule has 0 aliphatic heterocycles. The van der Waals surface area contributed by atoms with Crippen LogP contribution in [-0.2, 0) is 16.1 Å². The fourth-order valence-electron chi connectivity index (χ4n) is 2.73. The van der Waals surface area contributed by atoms with Crippen LogP contribution in [0.15, 0.2) is 24.5 Å². The first-order valence-corrected chi connectivity index (χ1v) is 7.90. The van der Waals surface area contributed by atoms with Gasteiger partial charge < -0.3 is 20.1 Å². The number of carbonyl (C=O) groups is 2. The van der Waals surface area contributed by atoms with Crippen molar-refractivity contribution >= 4 is 45.5 Å². The summed E-state index contributed by atoms with van der Waals surface area (Å²) in [6.07, 6.45) is 0.699. The minimum Gasteiger partial charge on any atom is -0.480 e. The van der Waals surface area contributed by atoms with E-state index in [1.807, 2.05) is 0 Å². The van der Waals surface area contributed by atoms with Gasteiger partial charge in [0.05, 0.1) is 10.9 Å². The number of ether oxygens (including phenoxy) is 1. The number of nitrogens with one attached hydrogen (secondary N) is 1. The van der Waals surface area contributed by atoms with Crippen LogP contribution in [0.1, 0.15) is 20.8 Å². The molecule has 0 aliphatic carbocycles. The zero-order valence-corrected chi connectivity index (χ0v) is 14.6. The second kappa shape index (κ2) is 6.17. The summed E-state index contributed by atoms with van der Waals surface area (Å²) >= 11 is 0. The molecule has 1 amide bonds. The monoisotopic (exact) mass is 357 g/mol. The summed E-state index contributed by atoms with van der Waals surface area (Å²) in [5, 5.41) is 13.0. The molecule has 0 saturated heterocycles. The van der Waals surface area contributed by atoms with E-state index in [0.29, 0.717) is 27.6 Å². The van der Waals surface area contributed by atoms with Crippen molar-refractivity contribution in [3.63, 3.8) is 0 Å². The van der Waals surface area contributed by atoms with Crippen molar-refractivity contribution < 1.29 is 19.4 Å². The summed E-state index contributed by atoms with van der Waals surface area (Å²) in [6, 6.07) is 5.05. The first-order chi connectivity index (χ1) is 12.2. The Morgan fingerprint density at radius 3 is 2.69 bits per heavy atom. The summed E-state index contributed by atoms with van der Waals surface area (Å²) in [7, 11) is 0. The lowest BCUT2D eigenvalue weighted by atomic mass is 10.2.